The van der Waals surface area contributed by atoms with E-state index >= 15 is 0 Å². The van der Waals surface area contributed by atoms with Gasteiger partial charge in [0, 0.05) is 11.2 Å². The molecule has 1 aliphatic heterocycles. The van der Waals surface area contributed by atoms with E-state index in [2.05, 4.69) is 50.8 Å². The van der Waals surface area contributed by atoms with Crippen LogP contribution in [0.2, 0.25) is 0 Å². The average Bonchev–Trinajstić information content (AvgIpc) is 2.33. The van der Waals surface area contributed by atoms with Gasteiger partial charge in [-0.3, -0.25) is 0 Å². The smallest absolute Gasteiger partial charge is 0.326 e. The van der Waals surface area contributed by atoms with Gasteiger partial charge in [0.15, 0.2) is 0 Å². The molecule has 3 nitrogen and oxygen atoms in total. The van der Waals surface area contributed by atoms with E-state index in [4.69, 9.17) is 0 Å². The Bertz CT molecular complexity index is 548. The van der Waals surface area contributed by atoms with Crippen molar-refractivity contribution < 1.29 is 9.90 Å². The number of hydrogen-bond acceptors (Lipinski definition) is 2. The summed E-state index contributed by atoms with van der Waals surface area (Å²) in [6.45, 7) is 12.6. The molecule has 1 aliphatic rings. The molecule has 0 aromatic heterocycles. The number of fused-ring (bicyclic) bond motifs is 1. The molecular formula is C18H27NO2. The average molecular weight is 289 g/mol. The fraction of sp³-hybridized carbons (Fsp3) is 0.611. The highest BCUT2D eigenvalue weighted by Crippen LogP contribution is 2.45. The molecule has 0 saturated carbocycles. The summed E-state index contributed by atoms with van der Waals surface area (Å²) in [4.78, 5) is 14.0. The van der Waals surface area contributed by atoms with Gasteiger partial charge in [-0.05, 0) is 50.7 Å². The lowest BCUT2D eigenvalue weighted by Crippen LogP contribution is -2.58. The first-order valence-electron chi connectivity index (χ1n) is 7.78. The standard InChI is InChI=1S/C18H27NO2/c1-11(2)16(17(20)21)19-15-8-7-12(3)9-14(15)13(4)10-18(19,5)6/h7-9,11,13,16H,10H2,1-6H3,(H,20,21). The molecule has 21 heavy (non-hydrogen) atoms. The maximum atomic E-state index is 11.8. The number of hydrogen-bond donors (Lipinski definition) is 1. The van der Waals surface area contributed by atoms with E-state index in [-0.39, 0.29) is 11.5 Å². The summed E-state index contributed by atoms with van der Waals surface area (Å²) in [5, 5.41) is 9.73. The van der Waals surface area contributed by atoms with Crippen LogP contribution in [0.5, 0.6) is 0 Å². The van der Waals surface area contributed by atoms with E-state index in [1.165, 1.54) is 11.1 Å². The summed E-state index contributed by atoms with van der Waals surface area (Å²) in [6, 6.07) is 5.90. The molecule has 2 atom stereocenters. The second-order valence-electron chi connectivity index (χ2n) is 7.38. The van der Waals surface area contributed by atoms with Crippen LogP contribution in [-0.2, 0) is 4.79 Å². The lowest BCUT2D eigenvalue weighted by molar-refractivity contribution is -0.140. The third-order valence-electron chi connectivity index (χ3n) is 4.59. The van der Waals surface area contributed by atoms with Gasteiger partial charge < -0.3 is 10.0 Å². The summed E-state index contributed by atoms with van der Waals surface area (Å²) >= 11 is 0. The van der Waals surface area contributed by atoms with Gasteiger partial charge >= 0.3 is 5.97 Å². The largest absolute Gasteiger partial charge is 0.480 e. The van der Waals surface area contributed by atoms with Gasteiger partial charge in [0.1, 0.15) is 6.04 Å². The van der Waals surface area contributed by atoms with E-state index in [9.17, 15) is 9.90 Å². The molecule has 0 fully saturated rings. The molecule has 0 radical (unpaired) electrons. The first-order valence-corrected chi connectivity index (χ1v) is 7.78. The molecule has 2 rings (SSSR count). The molecule has 0 aliphatic carbocycles. The number of carboxylic acid groups (broad SMARTS) is 1. The Hall–Kier alpha value is -1.51. The van der Waals surface area contributed by atoms with Crippen LogP contribution in [0.15, 0.2) is 18.2 Å². The van der Waals surface area contributed by atoms with E-state index < -0.39 is 12.0 Å². The Morgan fingerprint density at radius 2 is 2.00 bits per heavy atom. The maximum Gasteiger partial charge on any atom is 0.326 e. The zero-order valence-electron chi connectivity index (χ0n) is 14.0. The molecule has 1 heterocycles. The van der Waals surface area contributed by atoms with Crippen molar-refractivity contribution in [3.8, 4) is 0 Å². The minimum Gasteiger partial charge on any atom is -0.480 e. The quantitative estimate of drug-likeness (QED) is 0.906. The van der Waals surface area contributed by atoms with Crippen LogP contribution < -0.4 is 4.90 Å². The second kappa shape index (κ2) is 5.36. The van der Waals surface area contributed by atoms with Crippen LogP contribution in [0, 0.1) is 12.8 Å². The molecule has 1 N–H and O–H groups in total. The second-order valence-corrected chi connectivity index (χ2v) is 7.38. The molecule has 2 unspecified atom stereocenters. The third-order valence-corrected chi connectivity index (χ3v) is 4.59. The Morgan fingerprint density at radius 1 is 1.38 bits per heavy atom. The topological polar surface area (TPSA) is 40.5 Å². The van der Waals surface area contributed by atoms with Gasteiger partial charge in [-0.25, -0.2) is 4.79 Å². The molecule has 0 bridgehead atoms. The summed E-state index contributed by atoms with van der Waals surface area (Å²) in [5.74, 6) is -0.226. The predicted octanol–water partition coefficient (Wildman–Crippen LogP) is 4.20. The molecule has 1 aromatic rings. The highest BCUT2D eigenvalue weighted by Gasteiger charge is 2.43. The predicted molar refractivity (Wildman–Crippen MR) is 87.0 cm³/mol. The number of aliphatic carboxylic acids is 1. The number of nitrogens with zero attached hydrogens (tertiary/aromatic N) is 1. The van der Waals surface area contributed by atoms with Crippen molar-refractivity contribution in [2.75, 3.05) is 4.90 Å². The van der Waals surface area contributed by atoms with Crippen LogP contribution in [0.1, 0.15) is 58.1 Å². The van der Waals surface area contributed by atoms with Crippen LogP contribution >= 0.6 is 0 Å². The number of rotatable bonds is 3. The van der Waals surface area contributed by atoms with Crippen molar-refractivity contribution in [2.24, 2.45) is 5.92 Å². The van der Waals surface area contributed by atoms with E-state index in [1.54, 1.807) is 0 Å². The van der Waals surface area contributed by atoms with Gasteiger partial charge in [-0.2, -0.15) is 0 Å². The Morgan fingerprint density at radius 3 is 2.52 bits per heavy atom. The highest BCUT2D eigenvalue weighted by molar-refractivity contribution is 5.80. The monoisotopic (exact) mass is 289 g/mol. The zero-order valence-corrected chi connectivity index (χ0v) is 14.0. The normalized spacial score (nSPS) is 22.0. The molecule has 0 spiro atoms. The number of carbonyl (C=O) groups is 1. The van der Waals surface area contributed by atoms with Crippen molar-refractivity contribution in [1.29, 1.82) is 0 Å². The number of carboxylic acids is 1. The number of aryl methyl sites for hydroxylation is 1. The molecule has 0 saturated heterocycles. The lowest BCUT2D eigenvalue weighted by atomic mass is 9.77. The molecule has 116 valence electrons. The van der Waals surface area contributed by atoms with Crippen molar-refractivity contribution in [3.63, 3.8) is 0 Å². The minimum atomic E-state index is -0.737. The van der Waals surface area contributed by atoms with Crippen molar-refractivity contribution in [3.05, 3.63) is 29.3 Å². The van der Waals surface area contributed by atoms with Crippen LogP contribution in [0.25, 0.3) is 0 Å². The van der Waals surface area contributed by atoms with Crippen molar-refractivity contribution in [1.82, 2.24) is 0 Å². The summed E-state index contributed by atoms with van der Waals surface area (Å²) in [5.41, 5.74) is 3.44. The SMILES string of the molecule is Cc1ccc2c(c1)C(C)CC(C)(C)N2C(C(=O)O)C(C)C. The maximum absolute atomic E-state index is 11.8. The Balaban J connectivity index is 2.62. The van der Waals surface area contributed by atoms with E-state index in [0.29, 0.717) is 5.92 Å². The summed E-state index contributed by atoms with van der Waals surface area (Å²) in [6.07, 6.45) is 0.972. The minimum absolute atomic E-state index is 0.0596. The first kappa shape index (κ1) is 15.9. The Labute approximate surface area is 128 Å². The van der Waals surface area contributed by atoms with Crippen molar-refractivity contribution in [2.45, 2.75) is 65.5 Å². The van der Waals surface area contributed by atoms with Gasteiger partial charge in [0.25, 0.3) is 0 Å². The Kier molecular flexibility index (Phi) is 4.05. The highest BCUT2D eigenvalue weighted by atomic mass is 16.4. The fourth-order valence-electron chi connectivity index (χ4n) is 3.79. The van der Waals surface area contributed by atoms with Gasteiger partial charge in [0.2, 0.25) is 0 Å². The van der Waals surface area contributed by atoms with E-state index in [1.807, 2.05) is 13.8 Å². The molecule has 0 amide bonds. The molecule has 3 heteroatoms. The van der Waals surface area contributed by atoms with Crippen molar-refractivity contribution >= 4 is 11.7 Å². The van der Waals surface area contributed by atoms with Gasteiger partial charge in [0.05, 0.1) is 0 Å². The summed E-state index contributed by atoms with van der Waals surface area (Å²) in [7, 11) is 0. The zero-order chi connectivity index (χ0) is 15.9. The van der Waals surface area contributed by atoms with Crippen LogP contribution in [0.4, 0.5) is 5.69 Å². The first-order chi connectivity index (χ1) is 9.65. The molecular weight excluding hydrogens is 262 g/mol. The lowest BCUT2D eigenvalue weighted by Gasteiger charge is -2.51. The third kappa shape index (κ3) is 2.78. The fourth-order valence-corrected chi connectivity index (χ4v) is 3.79. The number of anilines is 1. The summed E-state index contributed by atoms with van der Waals surface area (Å²) < 4.78 is 0. The van der Waals surface area contributed by atoms with Crippen LogP contribution in [0.3, 0.4) is 0 Å². The van der Waals surface area contributed by atoms with E-state index in [0.717, 1.165) is 12.1 Å². The van der Waals surface area contributed by atoms with Gasteiger partial charge in [-0.15, -0.1) is 0 Å². The number of benzene rings is 1. The van der Waals surface area contributed by atoms with Crippen LogP contribution in [-0.4, -0.2) is 22.7 Å². The van der Waals surface area contributed by atoms with Gasteiger partial charge in [-0.1, -0.05) is 38.5 Å². The molecule has 1 aromatic carbocycles.